The van der Waals surface area contributed by atoms with Crippen molar-refractivity contribution in [1.82, 2.24) is 25.6 Å². The van der Waals surface area contributed by atoms with Gasteiger partial charge < -0.3 is 5.32 Å². The number of hydroxylamine groups is 1. The van der Waals surface area contributed by atoms with E-state index in [1.807, 2.05) is 47.1 Å². The molecule has 3 aromatic carbocycles. The number of hydrogen-bond acceptors (Lipinski definition) is 6. The van der Waals surface area contributed by atoms with E-state index in [1.54, 1.807) is 17.6 Å². The summed E-state index contributed by atoms with van der Waals surface area (Å²) in [5.41, 5.74) is 7.85. The number of fused-ring (bicyclic) bond motifs is 1. The monoisotopic (exact) mass is 523 g/mol. The summed E-state index contributed by atoms with van der Waals surface area (Å²) >= 11 is 1.40. The van der Waals surface area contributed by atoms with Crippen LogP contribution in [0.3, 0.4) is 0 Å². The van der Waals surface area contributed by atoms with Gasteiger partial charge >= 0.3 is 0 Å². The minimum Gasteiger partial charge on any atom is -0.347 e. The third-order valence-corrected chi connectivity index (χ3v) is 7.52. The van der Waals surface area contributed by atoms with Gasteiger partial charge in [-0.2, -0.15) is 5.10 Å². The molecule has 0 unspecified atom stereocenters. The maximum Gasteiger partial charge on any atom is 0.280 e. The second kappa shape index (κ2) is 10.2. The predicted molar refractivity (Wildman–Crippen MR) is 145 cm³/mol. The van der Waals surface area contributed by atoms with E-state index in [1.165, 1.54) is 16.9 Å². The molecule has 8 nitrogen and oxygen atoms in total. The highest BCUT2D eigenvalue weighted by Crippen LogP contribution is 2.30. The van der Waals surface area contributed by atoms with Crippen molar-refractivity contribution in [3.05, 3.63) is 106 Å². The van der Waals surface area contributed by atoms with Crippen molar-refractivity contribution < 1.29 is 14.8 Å². The first kappa shape index (κ1) is 24.0. The fraction of sp³-hybridized carbons (Fsp3) is 0.172. The molecule has 0 radical (unpaired) electrons. The number of carbonyl (C=O) groups excluding carboxylic acids is 2. The number of aromatic nitrogens is 3. The van der Waals surface area contributed by atoms with Crippen LogP contribution in [0.5, 0.6) is 0 Å². The van der Waals surface area contributed by atoms with Gasteiger partial charge in [0.25, 0.3) is 11.8 Å². The van der Waals surface area contributed by atoms with Crippen LogP contribution in [0.2, 0.25) is 0 Å². The zero-order valence-electron chi connectivity index (χ0n) is 20.4. The molecule has 6 rings (SSSR count). The number of amides is 2. The summed E-state index contributed by atoms with van der Waals surface area (Å²) in [6.07, 6.45) is 2.77. The Morgan fingerprint density at radius 3 is 2.47 bits per heavy atom. The summed E-state index contributed by atoms with van der Waals surface area (Å²) in [5.74, 6) is -0.659. The highest BCUT2D eigenvalue weighted by atomic mass is 32.1. The van der Waals surface area contributed by atoms with E-state index in [0.29, 0.717) is 23.5 Å². The maximum absolute atomic E-state index is 12.5. The van der Waals surface area contributed by atoms with Crippen LogP contribution in [0.4, 0.5) is 0 Å². The number of rotatable bonds is 8. The van der Waals surface area contributed by atoms with Crippen molar-refractivity contribution in [1.29, 1.82) is 0 Å². The highest BCUT2D eigenvalue weighted by molar-refractivity contribution is 7.20. The normalized spacial score (nSPS) is 13.0. The molecule has 2 heterocycles. The third kappa shape index (κ3) is 5.20. The zero-order chi connectivity index (χ0) is 26.1. The van der Waals surface area contributed by atoms with Gasteiger partial charge in [0.2, 0.25) is 0 Å². The SMILES string of the molecule is O=C(NO)c1ccc(Cn2nc(Cc3ccccc3)cc2-c2ccc3nc(C(=O)NC4CC4)sc3c2)cc1. The molecule has 5 aromatic rings. The first-order valence-corrected chi connectivity index (χ1v) is 13.2. The Kier molecular flexibility index (Phi) is 6.45. The Labute approximate surface area is 222 Å². The van der Waals surface area contributed by atoms with Crippen molar-refractivity contribution in [3.8, 4) is 11.3 Å². The summed E-state index contributed by atoms with van der Waals surface area (Å²) in [7, 11) is 0. The summed E-state index contributed by atoms with van der Waals surface area (Å²) < 4.78 is 2.91. The van der Waals surface area contributed by atoms with Gasteiger partial charge in [0, 0.05) is 23.6 Å². The van der Waals surface area contributed by atoms with Crippen LogP contribution in [0, 0.1) is 0 Å². The Morgan fingerprint density at radius 2 is 1.74 bits per heavy atom. The molecule has 1 aliphatic carbocycles. The van der Waals surface area contributed by atoms with Gasteiger partial charge in [0.05, 0.1) is 28.1 Å². The lowest BCUT2D eigenvalue weighted by Crippen LogP contribution is -2.25. The lowest BCUT2D eigenvalue weighted by atomic mass is 10.1. The van der Waals surface area contributed by atoms with Gasteiger partial charge in [-0.25, -0.2) is 10.5 Å². The van der Waals surface area contributed by atoms with Gasteiger partial charge in [0.1, 0.15) is 0 Å². The molecule has 0 atom stereocenters. The number of nitrogens with one attached hydrogen (secondary N) is 2. The Morgan fingerprint density at radius 1 is 0.947 bits per heavy atom. The zero-order valence-corrected chi connectivity index (χ0v) is 21.2. The van der Waals surface area contributed by atoms with Crippen LogP contribution >= 0.6 is 11.3 Å². The average molecular weight is 524 g/mol. The average Bonchev–Trinajstić information content (AvgIpc) is 3.51. The van der Waals surface area contributed by atoms with Gasteiger partial charge in [-0.05, 0) is 54.3 Å². The second-order valence-electron chi connectivity index (χ2n) is 9.43. The molecule has 0 bridgehead atoms. The number of carbonyl (C=O) groups is 2. The summed E-state index contributed by atoms with van der Waals surface area (Å²) in [4.78, 5) is 28.8. The summed E-state index contributed by atoms with van der Waals surface area (Å²) in [6, 6.07) is 25.7. The smallest absolute Gasteiger partial charge is 0.280 e. The number of thiazole rings is 1. The van der Waals surface area contributed by atoms with Crippen molar-refractivity contribution in [2.24, 2.45) is 0 Å². The summed E-state index contributed by atoms with van der Waals surface area (Å²) in [6.45, 7) is 0.501. The fourth-order valence-corrected chi connectivity index (χ4v) is 5.28. The molecule has 1 saturated carbocycles. The van der Waals surface area contributed by atoms with Crippen molar-refractivity contribution >= 4 is 33.4 Å². The van der Waals surface area contributed by atoms with E-state index >= 15 is 0 Å². The van der Waals surface area contributed by atoms with E-state index in [-0.39, 0.29) is 11.9 Å². The van der Waals surface area contributed by atoms with Crippen molar-refractivity contribution in [2.45, 2.75) is 31.8 Å². The van der Waals surface area contributed by atoms with Gasteiger partial charge in [0.15, 0.2) is 5.01 Å². The fourth-order valence-electron chi connectivity index (χ4n) is 4.37. The molecule has 0 saturated heterocycles. The van der Waals surface area contributed by atoms with Crippen LogP contribution < -0.4 is 10.8 Å². The van der Waals surface area contributed by atoms with E-state index in [9.17, 15) is 9.59 Å². The van der Waals surface area contributed by atoms with Crippen LogP contribution in [0.1, 0.15) is 49.8 Å². The van der Waals surface area contributed by atoms with E-state index in [2.05, 4.69) is 34.6 Å². The number of benzene rings is 3. The molecule has 38 heavy (non-hydrogen) atoms. The van der Waals surface area contributed by atoms with Crippen molar-refractivity contribution in [2.75, 3.05) is 0 Å². The summed E-state index contributed by atoms with van der Waals surface area (Å²) in [5, 5.41) is 17.3. The standard InChI is InChI=1S/C29H25N5O3S/c35-27(33-37)20-8-6-19(7-9-20)17-34-25(16-23(32-34)14-18-4-2-1-3-5-18)21-10-13-24-26(15-21)38-29(31-24)28(36)30-22-11-12-22/h1-10,13,15-16,22,37H,11-12,14,17H2,(H,30,36)(H,33,35). The van der Waals surface area contributed by atoms with Crippen LogP contribution in [0.25, 0.3) is 21.5 Å². The Balaban J connectivity index is 1.33. The van der Waals surface area contributed by atoms with Crippen LogP contribution in [-0.4, -0.2) is 37.8 Å². The first-order valence-electron chi connectivity index (χ1n) is 12.4. The first-order chi connectivity index (χ1) is 18.6. The molecule has 0 aliphatic heterocycles. The van der Waals surface area contributed by atoms with Crippen LogP contribution in [-0.2, 0) is 13.0 Å². The Hall–Kier alpha value is -4.34. The lowest BCUT2D eigenvalue weighted by Gasteiger charge is -2.09. The largest absolute Gasteiger partial charge is 0.347 e. The molecular formula is C29H25N5O3S. The lowest BCUT2D eigenvalue weighted by molar-refractivity contribution is 0.0706. The van der Waals surface area contributed by atoms with Gasteiger partial charge in [-0.3, -0.25) is 19.5 Å². The molecule has 9 heteroatoms. The minimum absolute atomic E-state index is 0.108. The van der Waals surface area contributed by atoms with E-state index < -0.39 is 5.91 Å². The maximum atomic E-state index is 12.5. The quantitative estimate of drug-likeness (QED) is 0.200. The van der Waals surface area contributed by atoms with Gasteiger partial charge in [-0.15, -0.1) is 11.3 Å². The topological polar surface area (TPSA) is 109 Å². The molecule has 2 aromatic heterocycles. The van der Waals surface area contributed by atoms with E-state index in [4.69, 9.17) is 10.3 Å². The highest BCUT2D eigenvalue weighted by Gasteiger charge is 2.25. The Bertz CT molecular complexity index is 1620. The second-order valence-corrected chi connectivity index (χ2v) is 10.5. The molecule has 190 valence electrons. The third-order valence-electron chi connectivity index (χ3n) is 6.50. The minimum atomic E-state index is -0.551. The van der Waals surface area contributed by atoms with Crippen LogP contribution in [0.15, 0.2) is 78.9 Å². The van der Waals surface area contributed by atoms with Gasteiger partial charge in [-0.1, -0.05) is 48.5 Å². The number of hydrogen-bond donors (Lipinski definition) is 3. The number of nitrogens with zero attached hydrogens (tertiary/aromatic N) is 3. The molecule has 3 N–H and O–H groups in total. The van der Waals surface area contributed by atoms with Crippen molar-refractivity contribution in [3.63, 3.8) is 0 Å². The molecule has 0 spiro atoms. The van der Waals surface area contributed by atoms with E-state index in [0.717, 1.165) is 45.6 Å². The molecule has 1 aliphatic rings. The molecule has 2 amide bonds. The molecular weight excluding hydrogens is 498 g/mol. The molecule has 1 fully saturated rings. The predicted octanol–water partition coefficient (Wildman–Crippen LogP) is 4.81.